The first-order chi connectivity index (χ1) is 13.9. The highest BCUT2D eigenvalue weighted by Gasteiger charge is 2.43. The fraction of sp³-hybridized carbons (Fsp3) is 0.353. The summed E-state index contributed by atoms with van der Waals surface area (Å²) < 4.78 is 83.1. The van der Waals surface area contributed by atoms with E-state index in [1.54, 1.807) is 0 Å². The molecule has 0 amide bonds. The van der Waals surface area contributed by atoms with Crippen LogP contribution in [-0.4, -0.2) is 27.0 Å². The number of nitrogens with zero attached hydrogens (tertiary/aromatic N) is 4. The number of aromatic nitrogens is 2. The molecule has 3 atom stereocenters. The molecule has 1 N–H and O–H groups in total. The Balaban J connectivity index is 1.94. The quantitative estimate of drug-likeness (QED) is 0.443. The summed E-state index contributed by atoms with van der Waals surface area (Å²) in [5, 5.41) is 15.8. The summed E-state index contributed by atoms with van der Waals surface area (Å²) in [5.41, 5.74) is -2.04. The van der Waals surface area contributed by atoms with E-state index >= 15 is 0 Å². The van der Waals surface area contributed by atoms with E-state index in [1.807, 2.05) is 0 Å². The lowest BCUT2D eigenvalue weighted by Crippen LogP contribution is -2.36. The van der Waals surface area contributed by atoms with Crippen LogP contribution in [0.5, 0.6) is 0 Å². The summed E-state index contributed by atoms with van der Waals surface area (Å²) in [6.45, 7) is 1.49. The van der Waals surface area contributed by atoms with E-state index < -0.39 is 42.0 Å². The minimum atomic E-state index is -4.70. The molecule has 6 nitrogen and oxygen atoms in total. The monoisotopic (exact) mass is 546 g/mol. The van der Waals surface area contributed by atoms with Gasteiger partial charge in [0.2, 0.25) is 0 Å². The van der Waals surface area contributed by atoms with Crippen molar-refractivity contribution >= 4 is 34.4 Å². The lowest BCUT2D eigenvalue weighted by molar-refractivity contribution is -0.142. The standard InChI is InChI=1S/C17H13F6IN4O2/c1-8-13(14(30-24)9-2-4-25-11(6-9)16(18,19)20)15(29)28(27-8)10-3-5-26-12(7-10)17(21,22)23/h2-7,13-15,29H,1H3. The number of hydrazone groups is 1. The fourth-order valence-corrected chi connectivity index (χ4v) is 3.67. The number of hydrogen-bond donors (Lipinski definition) is 1. The molecule has 3 rings (SSSR count). The molecular formula is C17H13F6IN4O2. The largest absolute Gasteiger partial charge is 0.433 e. The highest BCUT2D eigenvalue weighted by Crippen LogP contribution is 2.40. The first-order valence-corrected chi connectivity index (χ1v) is 9.17. The van der Waals surface area contributed by atoms with Gasteiger partial charge in [-0.1, -0.05) is 0 Å². The first kappa shape index (κ1) is 22.7. The SMILES string of the molecule is CC1=NN(c2ccnc(C(F)(F)F)c2)C(O)C1C(OI)c1ccnc(C(F)(F)F)c1. The lowest BCUT2D eigenvalue weighted by atomic mass is 9.91. The fourth-order valence-electron chi connectivity index (χ4n) is 3.06. The third-order valence-electron chi connectivity index (χ3n) is 4.44. The van der Waals surface area contributed by atoms with Gasteiger partial charge in [0.05, 0.1) is 11.6 Å². The minimum absolute atomic E-state index is 0.0791. The Kier molecular flexibility index (Phi) is 6.25. The number of pyridine rings is 2. The van der Waals surface area contributed by atoms with Crippen LogP contribution in [0.4, 0.5) is 32.0 Å². The molecule has 3 unspecified atom stereocenters. The number of rotatable bonds is 4. The van der Waals surface area contributed by atoms with E-state index in [-0.39, 0.29) is 17.0 Å². The van der Waals surface area contributed by atoms with Gasteiger partial charge in [0.25, 0.3) is 0 Å². The van der Waals surface area contributed by atoms with E-state index in [0.29, 0.717) is 0 Å². The van der Waals surface area contributed by atoms with Crippen LogP contribution >= 0.6 is 23.0 Å². The van der Waals surface area contributed by atoms with Crippen molar-refractivity contribution in [1.29, 1.82) is 0 Å². The van der Waals surface area contributed by atoms with Gasteiger partial charge in [-0.3, -0.25) is 9.97 Å². The zero-order chi connectivity index (χ0) is 22.3. The van der Waals surface area contributed by atoms with Gasteiger partial charge < -0.3 is 8.17 Å². The molecule has 0 radical (unpaired) electrons. The van der Waals surface area contributed by atoms with Crippen molar-refractivity contribution in [3.05, 3.63) is 53.6 Å². The molecule has 0 saturated heterocycles. The van der Waals surface area contributed by atoms with Crippen molar-refractivity contribution in [3.8, 4) is 0 Å². The van der Waals surface area contributed by atoms with Crippen LogP contribution < -0.4 is 5.01 Å². The lowest BCUT2D eigenvalue weighted by Gasteiger charge is -2.28. The van der Waals surface area contributed by atoms with Gasteiger partial charge in [-0.15, -0.1) is 0 Å². The number of aliphatic hydroxyl groups excluding tert-OH is 1. The van der Waals surface area contributed by atoms with E-state index in [1.165, 1.54) is 42.1 Å². The van der Waals surface area contributed by atoms with Gasteiger partial charge in [-0.25, -0.2) is 5.01 Å². The van der Waals surface area contributed by atoms with Crippen LogP contribution in [0, 0.1) is 5.92 Å². The molecule has 13 heteroatoms. The molecule has 0 aliphatic carbocycles. The number of anilines is 1. The van der Waals surface area contributed by atoms with Crippen molar-refractivity contribution in [2.75, 3.05) is 5.01 Å². The Labute approximate surface area is 180 Å². The summed E-state index contributed by atoms with van der Waals surface area (Å²) in [6.07, 6.45) is -10.0. The van der Waals surface area contributed by atoms with Crippen molar-refractivity contribution in [2.45, 2.75) is 31.6 Å². The van der Waals surface area contributed by atoms with Crippen LogP contribution in [-0.2, 0) is 15.4 Å². The molecule has 0 spiro atoms. The van der Waals surface area contributed by atoms with Crippen LogP contribution in [0.1, 0.15) is 30.0 Å². The van der Waals surface area contributed by atoms with Gasteiger partial charge >= 0.3 is 12.4 Å². The molecule has 162 valence electrons. The first-order valence-electron chi connectivity index (χ1n) is 8.29. The van der Waals surface area contributed by atoms with Gasteiger partial charge in [0, 0.05) is 18.1 Å². The van der Waals surface area contributed by atoms with Crippen molar-refractivity contribution in [2.24, 2.45) is 11.0 Å². The Morgan fingerprint density at radius 1 is 1.03 bits per heavy atom. The molecular weight excluding hydrogens is 533 g/mol. The Morgan fingerprint density at radius 3 is 2.17 bits per heavy atom. The number of hydrogen-bond acceptors (Lipinski definition) is 6. The molecule has 0 bridgehead atoms. The minimum Gasteiger partial charge on any atom is -0.371 e. The molecule has 3 heterocycles. The molecule has 2 aromatic rings. The van der Waals surface area contributed by atoms with Gasteiger partial charge in [0.15, 0.2) is 6.23 Å². The second kappa shape index (κ2) is 8.26. The number of aliphatic hydroxyl groups is 1. The van der Waals surface area contributed by atoms with Crippen LogP contribution in [0.25, 0.3) is 0 Å². The summed E-state index contributed by atoms with van der Waals surface area (Å²) >= 11 is 1.49. The maximum absolute atomic E-state index is 13.0. The number of halogens is 7. The molecule has 0 aromatic carbocycles. The molecule has 1 aliphatic rings. The Bertz CT molecular complexity index is 952. The second-order valence-electron chi connectivity index (χ2n) is 6.40. The van der Waals surface area contributed by atoms with E-state index in [0.717, 1.165) is 29.5 Å². The predicted octanol–water partition coefficient (Wildman–Crippen LogP) is 4.75. The smallest absolute Gasteiger partial charge is 0.371 e. The topological polar surface area (TPSA) is 70.8 Å². The van der Waals surface area contributed by atoms with Crippen LogP contribution in [0.15, 0.2) is 41.8 Å². The van der Waals surface area contributed by atoms with Crippen molar-refractivity contribution < 1.29 is 34.5 Å². The maximum atomic E-state index is 13.0. The maximum Gasteiger partial charge on any atom is 0.433 e. The van der Waals surface area contributed by atoms with Crippen molar-refractivity contribution in [3.63, 3.8) is 0 Å². The molecule has 1 aliphatic heterocycles. The van der Waals surface area contributed by atoms with Gasteiger partial charge in [0.1, 0.15) is 40.5 Å². The highest BCUT2D eigenvalue weighted by atomic mass is 127. The normalized spacial score (nSPS) is 21.0. The number of alkyl halides is 6. The average Bonchev–Trinajstić information content (AvgIpc) is 2.96. The highest BCUT2D eigenvalue weighted by molar-refractivity contribution is 14.1. The Morgan fingerprint density at radius 2 is 1.60 bits per heavy atom. The van der Waals surface area contributed by atoms with E-state index in [2.05, 4.69) is 15.1 Å². The Hall–Kier alpha value is -2.00. The zero-order valence-electron chi connectivity index (χ0n) is 15.0. The van der Waals surface area contributed by atoms with Crippen LogP contribution in [0.2, 0.25) is 0 Å². The summed E-state index contributed by atoms with van der Waals surface area (Å²) in [7, 11) is 0. The second-order valence-corrected chi connectivity index (χ2v) is 6.91. The summed E-state index contributed by atoms with van der Waals surface area (Å²) in [4.78, 5) is 6.54. The van der Waals surface area contributed by atoms with Crippen LogP contribution in [0.3, 0.4) is 0 Å². The zero-order valence-corrected chi connectivity index (χ0v) is 17.1. The predicted molar refractivity (Wildman–Crippen MR) is 101 cm³/mol. The van der Waals surface area contributed by atoms with E-state index in [9.17, 15) is 31.4 Å². The van der Waals surface area contributed by atoms with Gasteiger partial charge in [-0.05, 0) is 36.8 Å². The van der Waals surface area contributed by atoms with Crippen molar-refractivity contribution in [1.82, 2.24) is 9.97 Å². The molecule has 0 saturated carbocycles. The molecule has 2 aromatic heterocycles. The van der Waals surface area contributed by atoms with Gasteiger partial charge in [-0.2, -0.15) is 31.4 Å². The molecule has 0 fully saturated rings. The third kappa shape index (κ3) is 4.51. The molecule has 30 heavy (non-hydrogen) atoms. The summed E-state index contributed by atoms with van der Waals surface area (Å²) in [6, 6.07) is 4.04. The third-order valence-corrected chi connectivity index (χ3v) is 4.99. The van der Waals surface area contributed by atoms with E-state index in [4.69, 9.17) is 3.07 Å². The average molecular weight is 546 g/mol. The summed E-state index contributed by atoms with van der Waals surface area (Å²) in [5.74, 6) is -0.951.